The van der Waals surface area contributed by atoms with E-state index in [2.05, 4.69) is 9.72 Å². The first-order valence-electron chi connectivity index (χ1n) is 5.18. The maximum Gasteiger partial charge on any atom is 0.422 e. The molecule has 0 aliphatic rings. The largest absolute Gasteiger partial charge is 0.484 e. The zero-order valence-electron chi connectivity index (χ0n) is 9.44. The number of carbonyl (C=O) groups is 1. The molecule has 4 nitrogen and oxygen atoms in total. The van der Waals surface area contributed by atoms with Crippen LogP contribution < -0.4 is 4.74 Å². The number of carboxylic acid groups (broad SMARTS) is 1. The first kappa shape index (κ1) is 13.1. The molecule has 0 unspecified atom stereocenters. The van der Waals surface area contributed by atoms with E-state index in [1.165, 1.54) is 30.5 Å². The highest BCUT2D eigenvalue weighted by Gasteiger charge is 2.28. The number of benzene rings is 1. The van der Waals surface area contributed by atoms with Gasteiger partial charge in [0.1, 0.15) is 5.75 Å². The van der Waals surface area contributed by atoms with Gasteiger partial charge in [-0.2, -0.15) is 13.2 Å². The molecule has 0 spiro atoms. The van der Waals surface area contributed by atoms with Crippen LogP contribution in [0.1, 0.15) is 10.4 Å². The van der Waals surface area contributed by atoms with Crippen molar-refractivity contribution in [3.05, 3.63) is 36.0 Å². The van der Waals surface area contributed by atoms with Gasteiger partial charge < -0.3 is 9.84 Å². The van der Waals surface area contributed by atoms with Gasteiger partial charge in [-0.15, -0.1) is 0 Å². The average Bonchev–Trinajstić information content (AvgIpc) is 2.34. The maximum absolute atomic E-state index is 12.0. The van der Waals surface area contributed by atoms with E-state index < -0.39 is 18.8 Å². The summed E-state index contributed by atoms with van der Waals surface area (Å²) < 4.78 is 40.6. The number of rotatable bonds is 3. The third kappa shape index (κ3) is 3.34. The molecule has 0 amide bonds. The monoisotopic (exact) mass is 271 g/mol. The van der Waals surface area contributed by atoms with Crippen molar-refractivity contribution in [1.29, 1.82) is 0 Å². The van der Waals surface area contributed by atoms with Gasteiger partial charge in [0.2, 0.25) is 0 Å². The summed E-state index contributed by atoms with van der Waals surface area (Å²) in [4.78, 5) is 14.7. The van der Waals surface area contributed by atoms with Crippen molar-refractivity contribution in [1.82, 2.24) is 4.98 Å². The zero-order chi connectivity index (χ0) is 14.0. The first-order chi connectivity index (χ1) is 8.85. The standard InChI is InChI=1S/C12H8F3NO3/c13-12(14,15)6-19-9-1-2-10-7(4-9)3-8(5-16-10)11(17)18/h1-5H,6H2,(H,17,18). The van der Waals surface area contributed by atoms with E-state index in [4.69, 9.17) is 5.11 Å². The van der Waals surface area contributed by atoms with Gasteiger partial charge in [0.25, 0.3) is 0 Å². The molecule has 1 aromatic heterocycles. The normalized spacial score (nSPS) is 11.5. The molecule has 0 bridgehead atoms. The van der Waals surface area contributed by atoms with Crippen molar-refractivity contribution in [3.8, 4) is 5.75 Å². The van der Waals surface area contributed by atoms with Crippen molar-refractivity contribution < 1.29 is 27.8 Å². The number of halogens is 3. The Hall–Kier alpha value is -2.31. The van der Waals surface area contributed by atoms with Gasteiger partial charge in [0, 0.05) is 11.6 Å². The second-order valence-corrected chi connectivity index (χ2v) is 3.79. The van der Waals surface area contributed by atoms with Gasteiger partial charge in [0.05, 0.1) is 11.1 Å². The van der Waals surface area contributed by atoms with E-state index >= 15 is 0 Å². The fraction of sp³-hybridized carbons (Fsp3) is 0.167. The van der Waals surface area contributed by atoms with Crippen LogP contribution >= 0.6 is 0 Å². The summed E-state index contributed by atoms with van der Waals surface area (Å²) >= 11 is 0. The molecule has 0 aliphatic heterocycles. The number of hydrogen-bond acceptors (Lipinski definition) is 3. The molecule has 2 aromatic rings. The van der Waals surface area contributed by atoms with Crippen molar-refractivity contribution in [2.24, 2.45) is 0 Å². The van der Waals surface area contributed by atoms with Crippen molar-refractivity contribution >= 4 is 16.9 Å². The van der Waals surface area contributed by atoms with Crippen LogP contribution in [0.25, 0.3) is 10.9 Å². The lowest BCUT2D eigenvalue weighted by molar-refractivity contribution is -0.153. The Morgan fingerprint density at radius 3 is 2.68 bits per heavy atom. The topological polar surface area (TPSA) is 59.4 Å². The second kappa shape index (κ2) is 4.75. The molecular weight excluding hydrogens is 263 g/mol. The number of aromatic carboxylic acids is 1. The Bertz CT molecular complexity index is 625. The van der Waals surface area contributed by atoms with Crippen LogP contribution in [0, 0.1) is 0 Å². The van der Waals surface area contributed by atoms with E-state index in [1.807, 2.05) is 0 Å². The van der Waals surface area contributed by atoms with Gasteiger partial charge in [-0.3, -0.25) is 4.98 Å². The van der Waals surface area contributed by atoms with Crippen LogP contribution in [0.4, 0.5) is 13.2 Å². The highest BCUT2D eigenvalue weighted by Crippen LogP contribution is 2.23. The Balaban J connectivity index is 2.30. The molecule has 19 heavy (non-hydrogen) atoms. The van der Waals surface area contributed by atoms with Crippen molar-refractivity contribution in [2.45, 2.75) is 6.18 Å². The van der Waals surface area contributed by atoms with E-state index in [-0.39, 0.29) is 11.3 Å². The predicted octanol–water partition coefficient (Wildman–Crippen LogP) is 2.87. The lowest BCUT2D eigenvalue weighted by Crippen LogP contribution is -2.19. The van der Waals surface area contributed by atoms with Gasteiger partial charge in [-0.1, -0.05) is 0 Å². The molecule has 1 heterocycles. The van der Waals surface area contributed by atoms with E-state index in [9.17, 15) is 18.0 Å². The molecule has 1 aromatic carbocycles. The summed E-state index contributed by atoms with van der Waals surface area (Å²) in [5.41, 5.74) is 0.435. The Labute approximate surface area is 105 Å². The molecule has 0 saturated carbocycles. The van der Waals surface area contributed by atoms with Crippen molar-refractivity contribution in [3.63, 3.8) is 0 Å². The summed E-state index contributed by atoms with van der Waals surface area (Å²) in [6.07, 6.45) is -3.24. The number of alkyl halides is 3. The van der Waals surface area contributed by atoms with Crippen LogP contribution in [0.15, 0.2) is 30.5 Å². The second-order valence-electron chi connectivity index (χ2n) is 3.79. The summed E-state index contributed by atoms with van der Waals surface area (Å²) in [7, 11) is 0. The maximum atomic E-state index is 12.0. The highest BCUT2D eigenvalue weighted by atomic mass is 19.4. The number of hydrogen-bond donors (Lipinski definition) is 1. The molecule has 1 N–H and O–H groups in total. The van der Waals surface area contributed by atoms with Gasteiger partial charge in [0.15, 0.2) is 6.61 Å². The molecule has 0 radical (unpaired) electrons. The predicted molar refractivity (Wildman–Crippen MR) is 60.3 cm³/mol. The van der Waals surface area contributed by atoms with Gasteiger partial charge >= 0.3 is 12.1 Å². The third-order valence-electron chi connectivity index (χ3n) is 2.30. The lowest BCUT2D eigenvalue weighted by atomic mass is 10.1. The number of fused-ring (bicyclic) bond motifs is 1. The summed E-state index contributed by atoms with van der Waals surface area (Å²) in [5, 5.41) is 9.21. The molecule has 2 rings (SSSR count). The molecule has 0 fully saturated rings. The molecule has 7 heteroatoms. The van der Waals surface area contributed by atoms with Crippen LogP contribution in [-0.4, -0.2) is 28.8 Å². The summed E-state index contributed by atoms with van der Waals surface area (Å²) in [6, 6.07) is 5.46. The fourth-order valence-corrected chi connectivity index (χ4v) is 1.48. The Morgan fingerprint density at radius 1 is 1.32 bits per heavy atom. The number of ether oxygens (including phenoxy) is 1. The number of nitrogens with zero attached hydrogens (tertiary/aromatic N) is 1. The van der Waals surface area contributed by atoms with Gasteiger partial charge in [-0.05, 0) is 24.3 Å². The highest BCUT2D eigenvalue weighted by molar-refractivity contribution is 5.92. The van der Waals surface area contributed by atoms with Crippen molar-refractivity contribution in [2.75, 3.05) is 6.61 Å². The Morgan fingerprint density at radius 2 is 2.05 bits per heavy atom. The van der Waals surface area contributed by atoms with Crippen LogP contribution in [0.5, 0.6) is 5.75 Å². The summed E-state index contributed by atoms with van der Waals surface area (Å²) in [5.74, 6) is -1.15. The van der Waals surface area contributed by atoms with Crippen LogP contribution in [0.2, 0.25) is 0 Å². The number of pyridine rings is 1. The first-order valence-corrected chi connectivity index (χ1v) is 5.18. The minimum Gasteiger partial charge on any atom is -0.484 e. The molecule has 0 saturated heterocycles. The average molecular weight is 271 g/mol. The SMILES string of the molecule is O=C(O)c1cnc2ccc(OCC(F)(F)F)cc2c1. The van der Waals surface area contributed by atoms with E-state index in [1.54, 1.807) is 0 Å². The minimum absolute atomic E-state index is 0.00848. The minimum atomic E-state index is -4.42. The molecule has 0 atom stereocenters. The number of carboxylic acids is 1. The van der Waals surface area contributed by atoms with Crippen LogP contribution in [-0.2, 0) is 0 Å². The van der Waals surface area contributed by atoms with Crippen LogP contribution in [0.3, 0.4) is 0 Å². The lowest BCUT2D eigenvalue weighted by Gasteiger charge is -2.09. The quantitative estimate of drug-likeness (QED) is 0.932. The molecular formula is C12H8F3NO3. The van der Waals surface area contributed by atoms with E-state index in [0.29, 0.717) is 10.9 Å². The molecule has 0 aliphatic carbocycles. The fourth-order valence-electron chi connectivity index (χ4n) is 1.48. The number of aromatic nitrogens is 1. The Kier molecular flexibility index (Phi) is 3.28. The zero-order valence-corrected chi connectivity index (χ0v) is 9.44. The summed E-state index contributed by atoms with van der Waals surface area (Å²) in [6.45, 7) is -1.40. The smallest absolute Gasteiger partial charge is 0.422 e. The van der Waals surface area contributed by atoms with E-state index in [0.717, 1.165) is 0 Å². The molecule has 100 valence electrons. The third-order valence-corrected chi connectivity index (χ3v) is 2.30. The van der Waals surface area contributed by atoms with Gasteiger partial charge in [-0.25, -0.2) is 4.79 Å².